The molecular weight excluding hydrogens is 246 g/mol. The second-order valence-electron chi connectivity index (χ2n) is 5.74. The van der Waals surface area contributed by atoms with Gasteiger partial charge in [-0.25, -0.2) is 4.79 Å². The van der Waals surface area contributed by atoms with E-state index in [1.165, 1.54) is 17.8 Å². The number of thiophene rings is 1. The van der Waals surface area contributed by atoms with Crippen LogP contribution in [0.1, 0.15) is 43.3 Å². The number of likely N-dealkylation sites (tertiary alicyclic amines) is 1. The summed E-state index contributed by atoms with van der Waals surface area (Å²) in [6, 6.07) is 4.05. The van der Waals surface area contributed by atoms with Crippen LogP contribution in [0.4, 0.5) is 0 Å². The van der Waals surface area contributed by atoms with E-state index in [1.807, 2.05) is 17.5 Å². The third-order valence-electron chi connectivity index (χ3n) is 3.37. The van der Waals surface area contributed by atoms with Gasteiger partial charge in [0.25, 0.3) is 0 Å². The molecule has 1 aliphatic heterocycles. The molecule has 3 nitrogen and oxygen atoms in total. The first-order chi connectivity index (χ1) is 8.48. The average Bonchev–Trinajstić information content (AvgIpc) is 2.95. The van der Waals surface area contributed by atoms with Crippen LogP contribution < -0.4 is 0 Å². The highest BCUT2D eigenvalue weighted by molar-refractivity contribution is 7.11. The molecular formula is C14H21NO2S. The molecule has 0 radical (unpaired) electrons. The Morgan fingerprint density at radius 1 is 1.56 bits per heavy atom. The van der Waals surface area contributed by atoms with Crippen LogP contribution in [-0.2, 0) is 4.74 Å². The summed E-state index contributed by atoms with van der Waals surface area (Å²) < 4.78 is 5.43. The number of hydrogen-bond acceptors (Lipinski definition) is 4. The van der Waals surface area contributed by atoms with Gasteiger partial charge in [0.15, 0.2) is 0 Å². The molecule has 2 rings (SSSR count). The van der Waals surface area contributed by atoms with Gasteiger partial charge in [-0.15, -0.1) is 11.3 Å². The largest absolute Gasteiger partial charge is 0.460 e. The van der Waals surface area contributed by atoms with Crippen LogP contribution in [0.5, 0.6) is 0 Å². The normalized spacial score (nSPS) is 21.2. The predicted octanol–water partition coefficient (Wildman–Crippen LogP) is 3.17. The lowest BCUT2D eigenvalue weighted by Crippen LogP contribution is -2.46. The maximum Gasteiger partial charge on any atom is 0.348 e. The molecule has 0 saturated carbocycles. The number of rotatable bonds is 3. The van der Waals surface area contributed by atoms with Crippen molar-refractivity contribution in [3.63, 3.8) is 0 Å². The summed E-state index contributed by atoms with van der Waals surface area (Å²) in [6.07, 6.45) is 2.31. The Balaban J connectivity index is 1.88. The van der Waals surface area contributed by atoms with Crippen molar-refractivity contribution in [1.29, 1.82) is 0 Å². The molecule has 0 spiro atoms. The maximum absolute atomic E-state index is 11.8. The quantitative estimate of drug-likeness (QED) is 0.788. The number of hydrogen-bond donors (Lipinski definition) is 0. The Kier molecular flexibility index (Phi) is 4.07. The molecule has 0 bridgehead atoms. The van der Waals surface area contributed by atoms with Crippen molar-refractivity contribution in [3.05, 3.63) is 22.4 Å². The Morgan fingerprint density at radius 3 is 2.94 bits per heavy atom. The molecule has 18 heavy (non-hydrogen) atoms. The van der Waals surface area contributed by atoms with E-state index in [-0.39, 0.29) is 11.5 Å². The van der Waals surface area contributed by atoms with Crippen molar-refractivity contribution >= 4 is 17.3 Å². The zero-order valence-corrected chi connectivity index (χ0v) is 12.1. The van der Waals surface area contributed by atoms with Crippen LogP contribution >= 0.6 is 11.3 Å². The summed E-state index contributed by atoms with van der Waals surface area (Å²) in [6.45, 7) is 8.25. The summed E-state index contributed by atoms with van der Waals surface area (Å²) in [7, 11) is 0. The molecule has 0 aromatic carbocycles. The molecule has 0 amide bonds. The molecule has 1 aromatic heterocycles. The van der Waals surface area contributed by atoms with Crippen molar-refractivity contribution in [2.45, 2.75) is 45.2 Å². The maximum atomic E-state index is 11.8. The summed E-state index contributed by atoms with van der Waals surface area (Å²) >= 11 is 1.43. The van der Waals surface area contributed by atoms with Crippen molar-refractivity contribution in [2.24, 2.45) is 0 Å². The number of carbonyl (C=O) groups excluding carboxylic acids is 1. The Labute approximate surface area is 113 Å². The van der Waals surface area contributed by atoms with Crippen molar-refractivity contribution in [2.75, 3.05) is 13.2 Å². The third-order valence-corrected chi connectivity index (χ3v) is 4.22. The van der Waals surface area contributed by atoms with Crippen LogP contribution in [0.25, 0.3) is 0 Å². The van der Waals surface area contributed by atoms with Gasteiger partial charge >= 0.3 is 5.97 Å². The van der Waals surface area contributed by atoms with E-state index in [1.54, 1.807) is 0 Å². The summed E-state index contributed by atoms with van der Waals surface area (Å²) in [5.74, 6) is -0.189. The third kappa shape index (κ3) is 3.12. The van der Waals surface area contributed by atoms with E-state index in [9.17, 15) is 4.79 Å². The van der Waals surface area contributed by atoms with Gasteiger partial charge in [0.2, 0.25) is 0 Å². The first-order valence-corrected chi connectivity index (χ1v) is 7.34. The number of ether oxygens (including phenoxy) is 1. The highest BCUT2D eigenvalue weighted by Gasteiger charge is 2.33. The van der Waals surface area contributed by atoms with Gasteiger partial charge in [0.1, 0.15) is 11.5 Å². The first-order valence-electron chi connectivity index (χ1n) is 6.46. The van der Waals surface area contributed by atoms with Crippen LogP contribution in [0.2, 0.25) is 0 Å². The summed E-state index contributed by atoms with van der Waals surface area (Å²) in [4.78, 5) is 14.9. The van der Waals surface area contributed by atoms with E-state index < -0.39 is 0 Å². The Hall–Kier alpha value is -0.870. The molecule has 1 saturated heterocycles. The van der Waals surface area contributed by atoms with Gasteiger partial charge in [0.05, 0.1) is 0 Å². The number of carbonyl (C=O) groups is 1. The van der Waals surface area contributed by atoms with Gasteiger partial charge in [-0.1, -0.05) is 6.07 Å². The smallest absolute Gasteiger partial charge is 0.348 e. The van der Waals surface area contributed by atoms with E-state index in [2.05, 4.69) is 25.7 Å². The standard InChI is InChI=1S/C14H21NO2S/c1-14(2,3)15-8-4-6-11(15)10-17-13(16)12-7-5-9-18-12/h5,7,9,11H,4,6,8,10H2,1-3H3/t11-/m0/s1. The number of esters is 1. The highest BCUT2D eigenvalue weighted by atomic mass is 32.1. The van der Waals surface area contributed by atoms with Crippen LogP contribution in [0.15, 0.2) is 17.5 Å². The lowest BCUT2D eigenvalue weighted by molar-refractivity contribution is 0.0282. The van der Waals surface area contributed by atoms with E-state index in [4.69, 9.17) is 4.74 Å². The molecule has 1 aliphatic rings. The number of nitrogens with zero attached hydrogens (tertiary/aromatic N) is 1. The Morgan fingerprint density at radius 2 is 2.33 bits per heavy atom. The lowest BCUT2D eigenvalue weighted by Gasteiger charge is -2.36. The van der Waals surface area contributed by atoms with Gasteiger partial charge in [0, 0.05) is 11.6 Å². The van der Waals surface area contributed by atoms with E-state index >= 15 is 0 Å². The Bertz CT molecular complexity index is 394. The lowest BCUT2D eigenvalue weighted by atomic mass is 10.1. The molecule has 2 heterocycles. The molecule has 4 heteroatoms. The summed E-state index contributed by atoms with van der Waals surface area (Å²) in [5, 5.41) is 1.90. The monoisotopic (exact) mass is 267 g/mol. The van der Waals surface area contributed by atoms with Crippen molar-refractivity contribution in [3.8, 4) is 0 Å². The minimum Gasteiger partial charge on any atom is -0.460 e. The van der Waals surface area contributed by atoms with Crippen LogP contribution in [-0.4, -0.2) is 35.6 Å². The minimum absolute atomic E-state index is 0.149. The van der Waals surface area contributed by atoms with Gasteiger partial charge in [-0.2, -0.15) is 0 Å². The predicted molar refractivity (Wildman–Crippen MR) is 74.1 cm³/mol. The minimum atomic E-state index is -0.189. The molecule has 1 fully saturated rings. The van der Waals surface area contributed by atoms with E-state index in [0.29, 0.717) is 17.5 Å². The molecule has 1 atom stereocenters. The zero-order chi connectivity index (χ0) is 13.2. The molecule has 1 aromatic rings. The zero-order valence-electron chi connectivity index (χ0n) is 11.3. The molecule has 0 aliphatic carbocycles. The summed E-state index contributed by atoms with van der Waals surface area (Å²) in [5.41, 5.74) is 0.149. The fraction of sp³-hybridized carbons (Fsp3) is 0.643. The van der Waals surface area contributed by atoms with Crippen molar-refractivity contribution < 1.29 is 9.53 Å². The van der Waals surface area contributed by atoms with Gasteiger partial charge in [-0.05, 0) is 51.6 Å². The fourth-order valence-electron chi connectivity index (χ4n) is 2.53. The molecule has 100 valence electrons. The second kappa shape index (κ2) is 5.41. The van der Waals surface area contributed by atoms with Crippen molar-refractivity contribution in [1.82, 2.24) is 4.90 Å². The van der Waals surface area contributed by atoms with E-state index in [0.717, 1.165) is 13.0 Å². The van der Waals surface area contributed by atoms with Crippen LogP contribution in [0.3, 0.4) is 0 Å². The second-order valence-corrected chi connectivity index (χ2v) is 6.68. The SMILES string of the molecule is CC(C)(C)N1CCC[C@H]1COC(=O)c1cccs1. The average molecular weight is 267 g/mol. The molecule has 0 unspecified atom stereocenters. The van der Waals surface area contributed by atoms with Crippen LogP contribution in [0, 0.1) is 0 Å². The topological polar surface area (TPSA) is 29.5 Å². The van der Waals surface area contributed by atoms with Gasteiger partial charge < -0.3 is 4.74 Å². The first kappa shape index (κ1) is 13.6. The highest BCUT2D eigenvalue weighted by Crippen LogP contribution is 2.26. The molecule has 0 N–H and O–H groups in total. The van der Waals surface area contributed by atoms with Gasteiger partial charge in [-0.3, -0.25) is 4.90 Å². The fourth-order valence-corrected chi connectivity index (χ4v) is 3.15.